The van der Waals surface area contributed by atoms with Crippen LogP contribution in [0.4, 0.5) is 5.69 Å². The van der Waals surface area contributed by atoms with Crippen molar-refractivity contribution >= 4 is 28.3 Å². The summed E-state index contributed by atoms with van der Waals surface area (Å²) in [5.41, 5.74) is 6.28. The van der Waals surface area contributed by atoms with E-state index in [0.29, 0.717) is 0 Å². The number of aromatic nitrogens is 4. The molecule has 2 aromatic carbocycles. The molecule has 0 radical (unpaired) electrons. The summed E-state index contributed by atoms with van der Waals surface area (Å²) in [6.45, 7) is 2.23. The average Bonchev–Trinajstić information content (AvgIpc) is 3.34. The number of rotatable bonds is 4. The molecule has 29 heavy (non-hydrogen) atoms. The number of nitrogens with zero attached hydrogens (tertiary/aromatic N) is 4. The number of imidazole rings is 2. The molecule has 3 heterocycles. The maximum absolute atomic E-state index is 12.7. The first-order valence-corrected chi connectivity index (χ1v) is 9.42. The topological polar surface area (TPSA) is 64.2 Å². The van der Waals surface area contributed by atoms with Crippen LogP contribution in [0.2, 0.25) is 0 Å². The van der Waals surface area contributed by atoms with Gasteiger partial charge in [0.15, 0.2) is 0 Å². The highest BCUT2D eigenvalue weighted by Gasteiger charge is 2.13. The van der Waals surface area contributed by atoms with Gasteiger partial charge in [-0.2, -0.15) is 0 Å². The smallest absolute Gasteiger partial charge is 0.244 e. The highest BCUT2D eigenvalue weighted by molar-refractivity contribution is 5.95. The number of anilines is 1. The number of fused-ring (bicyclic) bond motifs is 2. The van der Waals surface area contributed by atoms with E-state index < -0.39 is 0 Å². The van der Waals surface area contributed by atoms with Crippen molar-refractivity contribution in [2.75, 3.05) is 5.32 Å². The molecule has 0 saturated heterocycles. The fourth-order valence-corrected chi connectivity index (χ4v) is 3.58. The molecule has 5 aromatic rings. The summed E-state index contributed by atoms with van der Waals surface area (Å²) in [5.74, 6) is -0.111. The summed E-state index contributed by atoms with van der Waals surface area (Å²) in [7, 11) is 0. The number of hydrogen-bond acceptors (Lipinski definition) is 3. The number of carbonyl (C=O) groups is 1. The third kappa shape index (κ3) is 3.14. The number of benzene rings is 2. The predicted octanol–water partition coefficient (Wildman–Crippen LogP) is 4.30. The molecule has 0 unspecified atom stereocenters. The Bertz CT molecular complexity index is 1350. The molecule has 3 aromatic heterocycles. The Morgan fingerprint density at radius 1 is 1.03 bits per heavy atom. The van der Waals surface area contributed by atoms with Gasteiger partial charge in [-0.1, -0.05) is 36.4 Å². The lowest BCUT2D eigenvalue weighted by atomic mass is 10.1. The molecular formula is C23H19N5O. The minimum atomic E-state index is -0.111. The second kappa shape index (κ2) is 6.91. The van der Waals surface area contributed by atoms with Crippen molar-refractivity contribution in [3.63, 3.8) is 0 Å². The van der Waals surface area contributed by atoms with Crippen LogP contribution in [0.1, 0.15) is 5.56 Å². The quantitative estimate of drug-likeness (QED) is 0.505. The van der Waals surface area contributed by atoms with Crippen LogP contribution in [0.25, 0.3) is 27.9 Å². The summed E-state index contributed by atoms with van der Waals surface area (Å²) in [6.07, 6.45) is 5.65. The summed E-state index contributed by atoms with van der Waals surface area (Å²) >= 11 is 0. The minimum absolute atomic E-state index is 0.111. The van der Waals surface area contributed by atoms with Gasteiger partial charge in [-0.05, 0) is 36.8 Å². The van der Waals surface area contributed by atoms with Gasteiger partial charge < -0.3 is 14.3 Å². The predicted molar refractivity (Wildman–Crippen MR) is 114 cm³/mol. The molecule has 1 N–H and O–H groups in total. The lowest BCUT2D eigenvalue weighted by Crippen LogP contribution is -2.18. The lowest BCUT2D eigenvalue weighted by Gasteiger charge is -2.10. The zero-order valence-electron chi connectivity index (χ0n) is 15.9. The molecule has 1 amide bonds. The van der Waals surface area contributed by atoms with Crippen LogP contribution in [-0.2, 0) is 11.3 Å². The van der Waals surface area contributed by atoms with Crippen molar-refractivity contribution in [1.82, 2.24) is 18.9 Å². The Hall–Kier alpha value is -3.93. The van der Waals surface area contributed by atoms with Gasteiger partial charge >= 0.3 is 0 Å². The molecule has 0 saturated carbocycles. The maximum atomic E-state index is 12.7. The van der Waals surface area contributed by atoms with Crippen LogP contribution in [0.15, 0.2) is 79.4 Å². The summed E-state index contributed by atoms with van der Waals surface area (Å²) in [4.78, 5) is 21.9. The first-order chi connectivity index (χ1) is 14.2. The largest absolute Gasteiger partial charge is 0.324 e. The third-order valence-corrected chi connectivity index (χ3v) is 5.00. The Morgan fingerprint density at radius 2 is 1.86 bits per heavy atom. The van der Waals surface area contributed by atoms with Crippen LogP contribution in [0, 0.1) is 6.92 Å². The van der Waals surface area contributed by atoms with Crippen LogP contribution in [0.5, 0.6) is 0 Å². The normalized spacial score (nSPS) is 11.2. The van der Waals surface area contributed by atoms with Crippen molar-refractivity contribution in [1.29, 1.82) is 0 Å². The minimum Gasteiger partial charge on any atom is -0.324 e. The number of pyridine rings is 1. The van der Waals surface area contributed by atoms with Crippen molar-refractivity contribution in [2.45, 2.75) is 13.5 Å². The van der Waals surface area contributed by atoms with Gasteiger partial charge in [-0.25, -0.2) is 9.97 Å². The van der Waals surface area contributed by atoms with Gasteiger partial charge in [-0.15, -0.1) is 0 Å². The Labute approximate surface area is 167 Å². The zero-order valence-corrected chi connectivity index (χ0v) is 15.9. The van der Waals surface area contributed by atoms with E-state index in [9.17, 15) is 4.79 Å². The van der Waals surface area contributed by atoms with Crippen molar-refractivity contribution in [3.8, 4) is 11.3 Å². The van der Waals surface area contributed by atoms with Gasteiger partial charge in [0, 0.05) is 18.0 Å². The SMILES string of the molecule is Cc1cccn2cc(-c3ccccc3NC(=O)Cn3cnc4ccccc43)nc12. The van der Waals surface area contributed by atoms with Crippen LogP contribution in [0.3, 0.4) is 0 Å². The third-order valence-electron chi connectivity index (χ3n) is 5.00. The van der Waals surface area contributed by atoms with E-state index in [4.69, 9.17) is 4.98 Å². The van der Waals surface area contributed by atoms with Gasteiger partial charge in [0.2, 0.25) is 5.91 Å². The standard InChI is InChI=1S/C23H19N5O/c1-16-7-6-12-27-13-20(26-23(16)27)17-8-2-3-9-18(17)25-22(29)14-28-15-24-19-10-4-5-11-21(19)28/h2-13,15H,14H2,1H3,(H,25,29). The van der Waals surface area contributed by atoms with Crippen LogP contribution in [-0.4, -0.2) is 24.8 Å². The molecule has 0 aliphatic rings. The van der Waals surface area contributed by atoms with Gasteiger partial charge in [-0.3, -0.25) is 4.79 Å². The van der Waals surface area contributed by atoms with Gasteiger partial charge in [0.25, 0.3) is 0 Å². The number of nitrogens with one attached hydrogen (secondary N) is 1. The molecule has 0 bridgehead atoms. The molecule has 0 aliphatic carbocycles. The summed E-state index contributed by atoms with van der Waals surface area (Å²) in [5, 5.41) is 3.03. The number of aryl methyl sites for hydroxylation is 1. The van der Waals surface area contributed by atoms with Crippen LogP contribution >= 0.6 is 0 Å². The van der Waals surface area contributed by atoms with Gasteiger partial charge in [0.1, 0.15) is 12.2 Å². The average molecular weight is 381 g/mol. The van der Waals surface area contributed by atoms with Crippen LogP contribution < -0.4 is 5.32 Å². The Kier molecular flexibility index (Phi) is 4.09. The molecule has 0 spiro atoms. The molecule has 6 nitrogen and oxygen atoms in total. The first-order valence-electron chi connectivity index (χ1n) is 9.42. The molecule has 0 atom stereocenters. The fraction of sp³-hybridized carbons (Fsp3) is 0.0870. The molecule has 0 aliphatic heterocycles. The molecule has 5 rings (SSSR count). The van der Waals surface area contributed by atoms with E-state index in [1.807, 2.05) is 88.9 Å². The molecule has 142 valence electrons. The van der Waals surface area contributed by atoms with E-state index in [1.165, 1.54) is 0 Å². The van der Waals surface area contributed by atoms with E-state index in [0.717, 1.165) is 39.2 Å². The van der Waals surface area contributed by atoms with Crippen molar-refractivity contribution < 1.29 is 4.79 Å². The van der Waals surface area contributed by atoms with E-state index in [2.05, 4.69) is 10.3 Å². The number of para-hydroxylation sites is 3. The lowest BCUT2D eigenvalue weighted by molar-refractivity contribution is -0.116. The number of carbonyl (C=O) groups excluding carboxylic acids is 1. The fourth-order valence-electron chi connectivity index (χ4n) is 3.58. The second-order valence-electron chi connectivity index (χ2n) is 7.00. The molecule has 6 heteroatoms. The van der Waals surface area contributed by atoms with Crippen molar-refractivity contribution in [2.24, 2.45) is 0 Å². The number of hydrogen-bond donors (Lipinski definition) is 1. The highest BCUT2D eigenvalue weighted by atomic mass is 16.1. The summed E-state index contributed by atoms with van der Waals surface area (Å²) < 4.78 is 3.85. The molecular weight excluding hydrogens is 362 g/mol. The highest BCUT2D eigenvalue weighted by Crippen LogP contribution is 2.28. The number of amides is 1. The maximum Gasteiger partial charge on any atom is 0.244 e. The van der Waals surface area contributed by atoms with Crippen molar-refractivity contribution in [3.05, 3.63) is 84.9 Å². The van der Waals surface area contributed by atoms with E-state index >= 15 is 0 Å². The van der Waals surface area contributed by atoms with Gasteiger partial charge in [0.05, 0.1) is 28.7 Å². The summed E-state index contributed by atoms with van der Waals surface area (Å²) in [6, 6.07) is 19.5. The monoisotopic (exact) mass is 381 g/mol. The van der Waals surface area contributed by atoms with E-state index in [-0.39, 0.29) is 12.5 Å². The van der Waals surface area contributed by atoms with E-state index in [1.54, 1.807) is 6.33 Å². The Balaban J connectivity index is 1.44. The molecule has 0 fully saturated rings. The second-order valence-corrected chi connectivity index (χ2v) is 7.00. The Morgan fingerprint density at radius 3 is 2.76 bits per heavy atom. The first kappa shape index (κ1) is 17.2. The zero-order chi connectivity index (χ0) is 19.8.